The number of aliphatic hydroxyl groups is 1. The number of anilines is 4. The fourth-order valence-corrected chi connectivity index (χ4v) is 1.86. The third-order valence-electron chi connectivity index (χ3n) is 3.06. The highest BCUT2D eigenvalue weighted by molar-refractivity contribution is 5.62. The predicted molar refractivity (Wildman–Crippen MR) is 103 cm³/mol. The van der Waals surface area contributed by atoms with Crippen LogP contribution in [-0.4, -0.2) is 38.5 Å². The average molecular weight is 349 g/mol. The number of hydrogen-bond acceptors (Lipinski definition) is 8. The summed E-state index contributed by atoms with van der Waals surface area (Å²) >= 11 is 0. The zero-order valence-corrected chi connectivity index (χ0v) is 14.4. The van der Waals surface area contributed by atoms with Crippen molar-refractivity contribution in [3.63, 3.8) is 0 Å². The number of rotatable bonds is 7. The summed E-state index contributed by atoms with van der Waals surface area (Å²) in [6.45, 7) is 1.20. The van der Waals surface area contributed by atoms with Crippen LogP contribution in [0.2, 0.25) is 0 Å². The molecule has 0 fully saturated rings. The summed E-state index contributed by atoms with van der Waals surface area (Å²) in [6, 6.07) is 10.6. The summed E-state index contributed by atoms with van der Waals surface area (Å²) in [5, 5.41) is 11.5. The van der Waals surface area contributed by atoms with Crippen molar-refractivity contribution in [2.75, 3.05) is 55.9 Å². The van der Waals surface area contributed by atoms with E-state index in [0.29, 0.717) is 41.7 Å². The molecule has 0 aliphatic rings. The van der Waals surface area contributed by atoms with E-state index in [1.807, 2.05) is 13.1 Å². The van der Waals surface area contributed by atoms with Crippen LogP contribution >= 0.6 is 0 Å². The van der Waals surface area contributed by atoms with Crippen LogP contribution in [-0.2, 0) is 0 Å². The summed E-state index contributed by atoms with van der Waals surface area (Å²) in [5.41, 5.74) is 24.8. The van der Waals surface area contributed by atoms with Gasteiger partial charge in [0.1, 0.15) is 24.7 Å². The first-order valence-electron chi connectivity index (χ1n) is 7.80. The molecular formula is C17H27N5O3. The van der Waals surface area contributed by atoms with Gasteiger partial charge in [-0.2, -0.15) is 0 Å². The predicted octanol–water partition coefficient (Wildman–Crippen LogP) is 0.870. The number of nitrogens with one attached hydrogen (secondary N) is 1. The van der Waals surface area contributed by atoms with Crippen molar-refractivity contribution in [3.8, 4) is 11.5 Å². The van der Waals surface area contributed by atoms with Gasteiger partial charge in [0.05, 0.1) is 18.0 Å². The van der Waals surface area contributed by atoms with Crippen LogP contribution in [0.1, 0.15) is 0 Å². The van der Waals surface area contributed by atoms with E-state index in [0.717, 1.165) is 5.69 Å². The fraction of sp³-hybridized carbons (Fsp3) is 0.294. The zero-order valence-electron chi connectivity index (χ0n) is 14.4. The molecule has 8 nitrogen and oxygen atoms in total. The number of benzene rings is 2. The highest BCUT2D eigenvalue weighted by Gasteiger charge is 2.00. The van der Waals surface area contributed by atoms with Gasteiger partial charge in [-0.05, 0) is 36.4 Å². The number of nitrogens with two attached hydrogens (primary N) is 4. The molecule has 2 rings (SSSR count). The molecule has 0 saturated carbocycles. The molecule has 0 amide bonds. The lowest BCUT2D eigenvalue weighted by Gasteiger charge is -2.08. The minimum Gasteiger partial charge on any atom is -0.490 e. The lowest BCUT2D eigenvalue weighted by Crippen LogP contribution is -2.11. The van der Waals surface area contributed by atoms with Crippen molar-refractivity contribution in [1.82, 2.24) is 0 Å². The van der Waals surface area contributed by atoms with Gasteiger partial charge in [0.2, 0.25) is 0 Å². The van der Waals surface area contributed by atoms with E-state index in [9.17, 15) is 0 Å². The topological polar surface area (TPSA) is 155 Å². The Kier molecular flexibility index (Phi) is 8.77. The Morgan fingerprint density at radius 1 is 0.920 bits per heavy atom. The lowest BCUT2D eigenvalue weighted by atomic mass is 10.2. The van der Waals surface area contributed by atoms with Crippen LogP contribution < -0.4 is 37.7 Å². The molecule has 0 bridgehead atoms. The largest absolute Gasteiger partial charge is 0.490 e. The monoisotopic (exact) mass is 349 g/mol. The third-order valence-corrected chi connectivity index (χ3v) is 3.06. The molecule has 8 heteroatoms. The van der Waals surface area contributed by atoms with Crippen molar-refractivity contribution >= 4 is 22.7 Å². The van der Waals surface area contributed by atoms with E-state index in [-0.39, 0.29) is 13.2 Å². The second-order valence-electron chi connectivity index (χ2n) is 5.01. The highest BCUT2D eigenvalue weighted by atomic mass is 16.5. The molecule has 0 aliphatic heterocycles. The molecular weight excluding hydrogens is 322 g/mol. The smallest absolute Gasteiger partial charge is 0.142 e. The minimum absolute atomic E-state index is 0.00673. The van der Waals surface area contributed by atoms with Gasteiger partial charge in [-0.1, -0.05) is 0 Å². The number of nitrogen functional groups attached to an aromatic ring is 3. The van der Waals surface area contributed by atoms with Gasteiger partial charge in [0.15, 0.2) is 0 Å². The molecule has 0 aromatic heterocycles. The Morgan fingerprint density at radius 2 is 1.52 bits per heavy atom. The quantitative estimate of drug-likeness (QED) is 0.402. The standard InChI is InChI=1S/C9H14N2O2.C8H13N3O/c1-11-7-2-3-9(8(10)6-7)13-5-4-12;9-3-4-12-8-2-1-6(10)5-7(8)11/h2-3,6,11-12H,4-5,10H2,1H3;1-2,5H,3-4,9-11H2. The van der Waals surface area contributed by atoms with Crippen LogP contribution in [0.15, 0.2) is 36.4 Å². The average Bonchev–Trinajstić information content (AvgIpc) is 2.60. The maximum Gasteiger partial charge on any atom is 0.142 e. The van der Waals surface area contributed by atoms with E-state index < -0.39 is 0 Å². The van der Waals surface area contributed by atoms with Crippen molar-refractivity contribution < 1.29 is 14.6 Å². The van der Waals surface area contributed by atoms with E-state index >= 15 is 0 Å². The summed E-state index contributed by atoms with van der Waals surface area (Å²) in [4.78, 5) is 0. The maximum absolute atomic E-state index is 8.54. The summed E-state index contributed by atoms with van der Waals surface area (Å²) in [6.07, 6.45) is 0. The van der Waals surface area contributed by atoms with Crippen LogP contribution in [0.5, 0.6) is 11.5 Å². The van der Waals surface area contributed by atoms with E-state index in [2.05, 4.69) is 5.32 Å². The van der Waals surface area contributed by atoms with Crippen LogP contribution in [0.25, 0.3) is 0 Å². The number of aliphatic hydroxyl groups excluding tert-OH is 1. The molecule has 138 valence electrons. The summed E-state index contributed by atoms with van der Waals surface area (Å²) in [7, 11) is 1.82. The molecule has 0 saturated heterocycles. The van der Waals surface area contributed by atoms with Crippen molar-refractivity contribution in [1.29, 1.82) is 0 Å². The van der Waals surface area contributed by atoms with Crippen LogP contribution in [0.4, 0.5) is 22.7 Å². The number of ether oxygens (including phenoxy) is 2. The lowest BCUT2D eigenvalue weighted by molar-refractivity contribution is 0.202. The van der Waals surface area contributed by atoms with Gasteiger partial charge < -0.3 is 42.8 Å². The molecule has 0 spiro atoms. The Labute approximate surface area is 147 Å². The Hall–Kier alpha value is -2.84. The highest BCUT2D eigenvalue weighted by Crippen LogP contribution is 2.24. The van der Waals surface area contributed by atoms with Gasteiger partial charge in [0.25, 0.3) is 0 Å². The molecule has 2 aromatic rings. The van der Waals surface area contributed by atoms with Crippen LogP contribution in [0, 0.1) is 0 Å². The number of hydrogen-bond donors (Lipinski definition) is 6. The second kappa shape index (κ2) is 10.8. The van der Waals surface area contributed by atoms with Crippen molar-refractivity contribution in [2.45, 2.75) is 0 Å². The molecule has 10 N–H and O–H groups in total. The Balaban J connectivity index is 0.000000251. The van der Waals surface area contributed by atoms with Gasteiger partial charge >= 0.3 is 0 Å². The Morgan fingerprint density at radius 3 is 2.04 bits per heavy atom. The molecule has 0 atom stereocenters. The molecule has 0 aliphatic carbocycles. The van der Waals surface area contributed by atoms with E-state index in [4.69, 9.17) is 37.5 Å². The van der Waals surface area contributed by atoms with Crippen molar-refractivity contribution in [2.24, 2.45) is 5.73 Å². The SMILES string of the molecule is CNc1ccc(OCCO)c(N)c1.NCCOc1ccc(N)cc1N. The summed E-state index contributed by atoms with van der Waals surface area (Å²) in [5.74, 6) is 1.24. The maximum atomic E-state index is 8.54. The van der Waals surface area contributed by atoms with Gasteiger partial charge in [-0.25, -0.2) is 0 Å². The normalized spacial score (nSPS) is 9.72. The fourth-order valence-electron chi connectivity index (χ4n) is 1.86. The van der Waals surface area contributed by atoms with Gasteiger partial charge in [-0.15, -0.1) is 0 Å². The van der Waals surface area contributed by atoms with Crippen LogP contribution in [0.3, 0.4) is 0 Å². The first-order chi connectivity index (χ1) is 12.0. The van der Waals surface area contributed by atoms with Gasteiger partial charge in [-0.3, -0.25) is 0 Å². The molecule has 2 aromatic carbocycles. The van der Waals surface area contributed by atoms with Gasteiger partial charge in [0, 0.05) is 25.0 Å². The Bertz CT molecular complexity index is 652. The van der Waals surface area contributed by atoms with E-state index in [1.165, 1.54) is 0 Å². The molecule has 0 radical (unpaired) electrons. The van der Waals surface area contributed by atoms with E-state index in [1.54, 1.807) is 30.3 Å². The summed E-state index contributed by atoms with van der Waals surface area (Å²) < 4.78 is 10.4. The molecule has 25 heavy (non-hydrogen) atoms. The first kappa shape index (κ1) is 20.2. The third kappa shape index (κ3) is 7.06. The molecule has 0 heterocycles. The zero-order chi connectivity index (χ0) is 18.7. The first-order valence-corrected chi connectivity index (χ1v) is 7.80. The van der Waals surface area contributed by atoms with Crippen molar-refractivity contribution in [3.05, 3.63) is 36.4 Å². The minimum atomic E-state index is -0.00673. The second-order valence-corrected chi connectivity index (χ2v) is 5.01. The molecule has 0 unspecified atom stereocenters.